The molecule has 5 atom stereocenters. The molecule has 3 fully saturated rings. The van der Waals surface area contributed by atoms with Crippen molar-refractivity contribution in [3.8, 4) is 11.5 Å². The van der Waals surface area contributed by atoms with E-state index in [0.717, 1.165) is 31.5 Å². The summed E-state index contributed by atoms with van der Waals surface area (Å²) >= 11 is 0. The van der Waals surface area contributed by atoms with Gasteiger partial charge in [0, 0.05) is 28.7 Å². The van der Waals surface area contributed by atoms with E-state index in [9.17, 15) is 34.8 Å². The van der Waals surface area contributed by atoms with Crippen molar-refractivity contribution in [3.63, 3.8) is 0 Å². The highest BCUT2D eigenvalue weighted by Crippen LogP contribution is 2.56. The number of hydrogen-bond donors (Lipinski definition) is 5. The molecular weight excluding hydrogens is 506 g/mol. The molecule has 1 saturated carbocycles. The van der Waals surface area contributed by atoms with Crippen LogP contribution in [0.5, 0.6) is 11.5 Å². The lowest BCUT2D eigenvalue weighted by molar-refractivity contribution is -0.153. The highest BCUT2D eigenvalue weighted by atomic mass is 16.5. The number of aromatic hydroxyl groups is 1. The zero-order valence-corrected chi connectivity index (χ0v) is 22.1. The topological polar surface area (TPSA) is 174 Å². The summed E-state index contributed by atoms with van der Waals surface area (Å²) in [5.74, 6) is -5.64. The Morgan fingerprint density at radius 3 is 2.38 bits per heavy atom. The van der Waals surface area contributed by atoms with Gasteiger partial charge in [0.2, 0.25) is 5.78 Å². The van der Waals surface area contributed by atoms with E-state index >= 15 is 0 Å². The fraction of sp³-hybridized carbons (Fsp3) is 0.536. The lowest BCUT2D eigenvalue weighted by Gasteiger charge is -2.50. The molecule has 0 aromatic heterocycles. The zero-order chi connectivity index (χ0) is 28.1. The van der Waals surface area contributed by atoms with Crippen molar-refractivity contribution < 1.29 is 39.5 Å². The van der Waals surface area contributed by atoms with Gasteiger partial charge in [0.15, 0.2) is 11.4 Å². The Kier molecular flexibility index (Phi) is 5.66. The van der Waals surface area contributed by atoms with Gasteiger partial charge in [-0.1, -0.05) is 0 Å². The fourth-order valence-corrected chi connectivity index (χ4v) is 8.04. The maximum absolute atomic E-state index is 14.0. The number of hydrogen-bond acceptors (Lipinski definition) is 10. The van der Waals surface area contributed by atoms with Crippen LogP contribution in [0.15, 0.2) is 23.0 Å². The van der Waals surface area contributed by atoms with Gasteiger partial charge in [-0.05, 0) is 70.8 Å². The first-order valence-electron chi connectivity index (χ1n) is 13.2. The number of likely N-dealkylation sites (N-methyl/N-ethyl adjacent to an activating group) is 1. The molecule has 1 unspecified atom stereocenters. The van der Waals surface area contributed by atoms with Crippen LogP contribution < -0.4 is 10.5 Å². The van der Waals surface area contributed by atoms with Gasteiger partial charge in [0.05, 0.1) is 18.7 Å². The molecule has 1 aromatic rings. The van der Waals surface area contributed by atoms with E-state index in [1.165, 1.54) is 4.90 Å². The number of piperidine rings is 1. The molecule has 11 nitrogen and oxygen atoms in total. The fourth-order valence-electron chi connectivity index (χ4n) is 8.04. The maximum Gasteiger partial charge on any atom is 0.255 e. The Bertz CT molecular complexity index is 1380. The monoisotopic (exact) mass is 539 g/mol. The number of rotatable bonds is 4. The van der Waals surface area contributed by atoms with Crippen LogP contribution in [0.4, 0.5) is 0 Å². The molecule has 2 aliphatic heterocycles. The highest BCUT2D eigenvalue weighted by Gasteiger charge is 2.64. The average Bonchev–Trinajstić information content (AvgIpc) is 3.46. The number of benzene rings is 1. The van der Waals surface area contributed by atoms with Crippen LogP contribution in [0.25, 0.3) is 5.76 Å². The third-order valence-corrected chi connectivity index (χ3v) is 9.64. The molecule has 208 valence electrons. The van der Waals surface area contributed by atoms with Crippen molar-refractivity contribution in [1.82, 2.24) is 9.80 Å². The second kappa shape index (κ2) is 8.54. The minimum absolute atomic E-state index is 0.0398. The molecule has 2 heterocycles. The summed E-state index contributed by atoms with van der Waals surface area (Å²) in [5.41, 5.74) is 3.17. The van der Waals surface area contributed by atoms with Gasteiger partial charge in [-0.15, -0.1) is 0 Å². The van der Waals surface area contributed by atoms with Crippen molar-refractivity contribution in [2.75, 3.05) is 34.3 Å². The van der Waals surface area contributed by atoms with Crippen LogP contribution in [0.3, 0.4) is 0 Å². The number of carbonyl (C=O) groups is 3. The summed E-state index contributed by atoms with van der Waals surface area (Å²) in [4.78, 5) is 43.2. The molecule has 5 aliphatic rings. The van der Waals surface area contributed by atoms with Gasteiger partial charge in [-0.25, -0.2) is 0 Å². The number of ether oxygens (including phenoxy) is 1. The summed E-state index contributed by atoms with van der Waals surface area (Å²) in [6, 6.07) is 0.557. The number of phenolic OH excluding ortho intramolecular Hbond substituents is 1. The predicted octanol–water partition coefficient (Wildman–Crippen LogP) is 0.739. The molecule has 11 heteroatoms. The number of amides is 1. The zero-order valence-electron chi connectivity index (χ0n) is 22.1. The van der Waals surface area contributed by atoms with Crippen LogP contribution in [-0.4, -0.2) is 93.6 Å². The van der Waals surface area contributed by atoms with Crippen LogP contribution in [-0.2, 0) is 20.8 Å². The summed E-state index contributed by atoms with van der Waals surface area (Å²) in [7, 11) is 4.69. The number of aliphatic hydroxyl groups is 3. The van der Waals surface area contributed by atoms with Gasteiger partial charge in [-0.3, -0.25) is 24.2 Å². The highest BCUT2D eigenvalue weighted by molar-refractivity contribution is 6.24. The van der Waals surface area contributed by atoms with Crippen LogP contribution in [0.2, 0.25) is 0 Å². The number of phenols is 1. The lowest BCUT2D eigenvalue weighted by Crippen LogP contribution is -2.65. The molecular formula is C28H33N3O8. The molecule has 2 saturated heterocycles. The summed E-state index contributed by atoms with van der Waals surface area (Å²) in [6.45, 7) is 1.93. The minimum atomic E-state index is -2.65. The molecule has 6 N–H and O–H groups in total. The second-order valence-electron chi connectivity index (χ2n) is 11.7. The Balaban J connectivity index is 1.54. The Morgan fingerprint density at radius 2 is 1.85 bits per heavy atom. The van der Waals surface area contributed by atoms with E-state index in [-0.39, 0.29) is 35.8 Å². The first-order chi connectivity index (χ1) is 18.4. The Hall–Kier alpha value is -3.41. The molecule has 1 aromatic carbocycles. The first-order valence-corrected chi connectivity index (χ1v) is 13.2. The quantitative estimate of drug-likeness (QED) is 0.343. The number of Topliss-reactive ketones (excluding diaryl/α,β-unsaturated/α-hetero) is 2. The van der Waals surface area contributed by atoms with Crippen molar-refractivity contribution >= 4 is 23.2 Å². The van der Waals surface area contributed by atoms with Crippen LogP contribution in [0, 0.1) is 17.8 Å². The Morgan fingerprint density at radius 1 is 1.18 bits per heavy atom. The van der Waals surface area contributed by atoms with Gasteiger partial charge in [0.25, 0.3) is 5.91 Å². The van der Waals surface area contributed by atoms with Crippen LogP contribution >= 0.6 is 0 Å². The average molecular weight is 540 g/mol. The molecule has 0 radical (unpaired) electrons. The third-order valence-electron chi connectivity index (χ3n) is 9.64. The lowest BCUT2D eigenvalue weighted by atomic mass is 9.57. The third kappa shape index (κ3) is 3.23. The van der Waals surface area contributed by atoms with E-state index in [0.29, 0.717) is 17.2 Å². The van der Waals surface area contributed by atoms with E-state index in [4.69, 9.17) is 10.5 Å². The van der Waals surface area contributed by atoms with E-state index in [1.54, 1.807) is 27.3 Å². The number of ketones is 2. The molecule has 0 spiro atoms. The molecule has 3 aliphatic carbocycles. The van der Waals surface area contributed by atoms with Gasteiger partial charge in [-0.2, -0.15) is 0 Å². The molecule has 6 rings (SSSR count). The summed E-state index contributed by atoms with van der Waals surface area (Å²) in [5, 5.41) is 45.3. The van der Waals surface area contributed by atoms with Crippen molar-refractivity contribution in [3.05, 3.63) is 39.7 Å². The minimum Gasteiger partial charge on any atom is -0.508 e. The second-order valence-corrected chi connectivity index (χ2v) is 11.7. The summed E-state index contributed by atoms with van der Waals surface area (Å²) < 4.78 is 5.88. The maximum atomic E-state index is 14.0. The number of methoxy groups -OCH3 is 1. The van der Waals surface area contributed by atoms with Crippen molar-refractivity contribution in [1.29, 1.82) is 0 Å². The number of aliphatic hydroxyl groups excluding tert-OH is 2. The van der Waals surface area contributed by atoms with E-state index in [2.05, 4.69) is 4.90 Å². The van der Waals surface area contributed by atoms with E-state index < -0.39 is 58.0 Å². The van der Waals surface area contributed by atoms with E-state index in [1.807, 2.05) is 0 Å². The van der Waals surface area contributed by atoms with Crippen molar-refractivity contribution in [2.45, 2.75) is 43.4 Å². The van der Waals surface area contributed by atoms with Crippen LogP contribution in [0.1, 0.15) is 42.0 Å². The standard InChI is InChI=1S/C28H33N3O8/c1-30(2)21-15-9-12-8-13-18(16(32)10-14(24(13)39-3)20-11-4-6-31(20)7-5-11)22(33)17(12)25(35)28(15,38)26(36)19(23(21)34)27(29)37/h10-12,15,20-21,32-33,36,38H,4-9H2,1-3H3,(H2,29,37)/t12-,15-,20?,21-,28-/m0/s1. The predicted molar refractivity (Wildman–Crippen MR) is 138 cm³/mol. The van der Waals surface area contributed by atoms with Gasteiger partial charge >= 0.3 is 0 Å². The number of nitrogens with two attached hydrogens (primary N) is 1. The van der Waals surface area contributed by atoms with Gasteiger partial charge < -0.3 is 30.9 Å². The largest absolute Gasteiger partial charge is 0.508 e. The first kappa shape index (κ1) is 25.8. The smallest absolute Gasteiger partial charge is 0.255 e. The normalized spacial score (nSPS) is 35.3. The number of primary amides is 1. The number of fused-ring (bicyclic) bond motifs is 5. The number of nitrogens with zero attached hydrogens (tertiary/aromatic N) is 2. The van der Waals surface area contributed by atoms with Gasteiger partial charge in [0.1, 0.15) is 28.6 Å². The molecule has 1 amide bonds. The van der Waals surface area contributed by atoms with Crippen molar-refractivity contribution in [2.24, 2.45) is 23.5 Å². The molecule has 2 bridgehead atoms. The number of carbonyl (C=O) groups excluding carboxylic acids is 3. The molecule has 39 heavy (non-hydrogen) atoms. The SMILES string of the molecule is COc1c(C2C3CCN2CC3)cc(O)c2c1C[C@H]1C[C@H]3[C@H](N(C)C)C(=O)C(C(N)=O)=C(O)[C@@]3(O)C(=O)C1=C2O. The Labute approximate surface area is 225 Å². The summed E-state index contributed by atoms with van der Waals surface area (Å²) in [6.07, 6.45) is 2.36.